The van der Waals surface area contributed by atoms with Crippen molar-refractivity contribution < 1.29 is 17.6 Å². The van der Waals surface area contributed by atoms with Crippen molar-refractivity contribution in [2.45, 2.75) is 37.6 Å². The molecule has 0 heterocycles. The maximum atomic E-state index is 12.9. The van der Waals surface area contributed by atoms with Crippen LogP contribution in [0, 0.1) is 5.82 Å². The van der Waals surface area contributed by atoms with E-state index in [-0.39, 0.29) is 22.2 Å². The fraction of sp³-hybridized carbons (Fsp3) is 0.316. The van der Waals surface area contributed by atoms with Crippen LogP contribution < -0.4 is 10.0 Å². The predicted octanol–water partition coefficient (Wildman–Crippen LogP) is 2.88. The number of hydrogen-bond acceptors (Lipinski definition) is 3. The monoisotopic (exact) mass is 378 g/mol. The third kappa shape index (κ3) is 5.93. The van der Waals surface area contributed by atoms with Gasteiger partial charge in [0.25, 0.3) is 5.91 Å². The molecule has 1 amide bonds. The lowest BCUT2D eigenvalue weighted by Crippen LogP contribution is -2.40. The topological polar surface area (TPSA) is 75.3 Å². The van der Waals surface area contributed by atoms with Crippen molar-refractivity contribution in [3.8, 4) is 0 Å². The molecule has 5 nitrogen and oxygen atoms in total. The number of rotatable bonds is 6. The fourth-order valence-electron chi connectivity index (χ4n) is 2.34. The molecule has 0 bridgehead atoms. The molecule has 7 heteroatoms. The molecule has 2 rings (SSSR count). The summed E-state index contributed by atoms with van der Waals surface area (Å²) in [5.41, 5.74) is 0.546. The third-order valence-corrected chi connectivity index (χ3v) is 5.22. The number of carbonyl (C=O) groups excluding carboxylic acids is 1. The standard InChI is InChI=1S/C19H23FN2O3S/c1-19(2,3)22-26(24,25)17-6-4-5-15(13-17)18(23)21-12-11-14-7-9-16(20)10-8-14/h4-10,13,22H,11-12H2,1-3H3,(H,21,23). The van der Waals surface area contributed by atoms with Crippen molar-refractivity contribution in [1.82, 2.24) is 10.0 Å². The minimum atomic E-state index is -3.71. The molecule has 2 N–H and O–H groups in total. The summed E-state index contributed by atoms with van der Waals surface area (Å²) >= 11 is 0. The second-order valence-electron chi connectivity index (χ2n) is 7.02. The lowest BCUT2D eigenvalue weighted by Gasteiger charge is -2.20. The van der Waals surface area contributed by atoms with Crippen molar-refractivity contribution in [3.05, 3.63) is 65.5 Å². The molecule has 0 aromatic heterocycles. The Balaban J connectivity index is 2.02. The minimum absolute atomic E-state index is 0.0404. The molecular formula is C19H23FN2O3S. The van der Waals surface area contributed by atoms with Gasteiger partial charge in [-0.2, -0.15) is 0 Å². The van der Waals surface area contributed by atoms with Gasteiger partial charge in [-0.3, -0.25) is 4.79 Å². The van der Waals surface area contributed by atoms with E-state index in [9.17, 15) is 17.6 Å². The predicted molar refractivity (Wildman–Crippen MR) is 99.0 cm³/mol. The largest absolute Gasteiger partial charge is 0.352 e. The molecule has 140 valence electrons. The summed E-state index contributed by atoms with van der Waals surface area (Å²) < 4.78 is 40.2. The van der Waals surface area contributed by atoms with Crippen molar-refractivity contribution >= 4 is 15.9 Å². The van der Waals surface area contributed by atoms with Gasteiger partial charge in [-0.05, 0) is 63.1 Å². The summed E-state index contributed by atoms with van der Waals surface area (Å²) in [4.78, 5) is 12.3. The number of benzene rings is 2. The third-order valence-electron chi connectivity index (χ3n) is 3.46. The summed E-state index contributed by atoms with van der Waals surface area (Å²) in [5, 5.41) is 2.74. The molecule has 0 aliphatic carbocycles. The quantitative estimate of drug-likeness (QED) is 0.812. The van der Waals surface area contributed by atoms with Gasteiger partial charge < -0.3 is 5.32 Å². The zero-order valence-corrected chi connectivity index (χ0v) is 15.9. The van der Waals surface area contributed by atoms with Crippen LogP contribution in [0.2, 0.25) is 0 Å². The van der Waals surface area contributed by atoms with Gasteiger partial charge in [-0.25, -0.2) is 17.5 Å². The van der Waals surface area contributed by atoms with Gasteiger partial charge >= 0.3 is 0 Å². The van der Waals surface area contributed by atoms with Gasteiger partial charge in [-0.1, -0.05) is 18.2 Å². The molecule has 0 spiro atoms. The highest BCUT2D eigenvalue weighted by Gasteiger charge is 2.22. The van der Waals surface area contributed by atoms with Gasteiger partial charge in [0.2, 0.25) is 10.0 Å². The average Bonchev–Trinajstić information content (AvgIpc) is 2.54. The van der Waals surface area contributed by atoms with Crippen LogP contribution in [0.1, 0.15) is 36.7 Å². The van der Waals surface area contributed by atoms with E-state index in [0.717, 1.165) is 5.56 Å². The number of sulfonamides is 1. The van der Waals surface area contributed by atoms with Crippen LogP contribution in [0.5, 0.6) is 0 Å². The van der Waals surface area contributed by atoms with Crippen LogP contribution >= 0.6 is 0 Å². The summed E-state index contributed by atoms with van der Waals surface area (Å²) in [7, 11) is -3.71. The van der Waals surface area contributed by atoms with E-state index in [0.29, 0.717) is 13.0 Å². The molecule has 26 heavy (non-hydrogen) atoms. The Bertz CT molecular complexity index is 872. The van der Waals surface area contributed by atoms with Crippen LogP contribution in [0.4, 0.5) is 4.39 Å². The SMILES string of the molecule is CC(C)(C)NS(=O)(=O)c1cccc(C(=O)NCCc2ccc(F)cc2)c1. The van der Waals surface area contributed by atoms with Gasteiger partial charge in [0.1, 0.15) is 5.82 Å². The lowest BCUT2D eigenvalue weighted by atomic mass is 10.1. The Kier molecular flexibility index (Phi) is 6.15. The molecule has 0 atom stereocenters. The highest BCUT2D eigenvalue weighted by molar-refractivity contribution is 7.89. The molecule has 2 aromatic carbocycles. The summed E-state index contributed by atoms with van der Waals surface area (Å²) in [6, 6.07) is 11.9. The number of amides is 1. The number of carbonyl (C=O) groups is 1. The van der Waals surface area contributed by atoms with Crippen LogP contribution in [0.25, 0.3) is 0 Å². The van der Waals surface area contributed by atoms with E-state index < -0.39 is 15.6 Å². The fourth-order valence-corrected chi connectivity index (χ4v) is 3.80. The summed E-state index contributed by atoms with van der Waals surface area (Å²) in [6.45, 7) is 5.60. The molecule has 0 radical (unpaired) electrons. The van der Waals surface area contributed by atoms with Crippen molar-refractivity contribution in [1.29, 1.82) is 0 Å². The lowest BCUT2D eigenvalue weighted by molar-refractivity contribution is 0.0954. The molecule has 0 saturated heterocycles. The molecule has 0 unspecified atom stereocenters. The molecule has 0 aliphatic heterocycles. The van der Waals surface area contributed by atoms with E-state index in [1.54, 1.807) is 39.0 Å². The van der Waals surface area contributed by atoms with Crippen LogP contribution in [-0.2, 0) is 16.4 Å². The molecule has 0 aliphatic rings. The second kappa shape index (κ2) is 7.97. The number of nitrogens with one attached hydrogen (secondary N) is 2. The smallest absolute Gasteiger partial charge is 0.251 e. The Morgan fingerprint density at radius 3 is 2.35 bits per heavy atom. The first-order valence-electron chi connectivity index (χ1n) is 8.23. The maximum absolute atomic E-state index is 12.9. The Morgan fingerprint density at radius 2 is 1.73 bits per heavy atom. The number of halogens is 1. The Hall–Kier alpha value is -2.25. The van der Waals surface area contributed by atoms with Crippen molar-refractivity contribution in [2.24, 2.45) is 0 Å². The van der Waals surface area contributed by atoms with E-state index in [1.165, 1.54) is 30.3 Å². The zero-order valence-electron chi connectivity index (χ0n) is 15.0. The van der Waals surface area contributed by atoms with Crippen LogP contribution in [0.3, 0.4) is 0 Å². The van der Waals surface area contributed by atoms with E-state index in [4.69, 9.17) is 0 Å². The Morgan fingerprint density at radius 1 is 1.08 bits per heavy atom. The van der Waals surface area contributed by atoms with Gasteiger partial charge in [0.15, 0.2) is 0 Å². The van der Waals surface area contributed by atoms with Gasteiger partial charge in [-0.15, -0.1) is 0 Å². The van der Waals surface area contributed by atoms with Gasteiger partial charge in [0.05, 0.1) is 4.90 Å². The number of hydrogen-bond donors (Lipinski definition) is 2. The highest BCUT2D eigenvalue weighted by atomic mass is 32.2. The van der Waals surface area contributed by atoms with E-state index in [1.807, 2.05) is 0 Å². The first-order valence-corrected chi connectivity index (χ1v) is 9.72. The normalized spacial score (nSPS) is 12.0. The summed E-state index contributed by atoms with van der Waals surface area (Å²) in [5.74, 6) is -0.667. The highest BCUT2D eigenvalue weighted by Crippen LogP contribution is 2.14. The molecule has 2 aromatic rings. The summed E-state index contributed by atoms with van der Waals surface area (Å²) in [6.07, 6.45) is 0.551. The maximum Gasteiger partial charge on any atom is 0.251 e. The van der Waals surface area contributed by atoms with Crippen LogP contribution in [0.15, 0.2) is 53.4 Å². The molecular weight excluding hydrogens is 355 g/mol. The zero-order chi connectivity index (χ0) is 19.4. The van der Waals surface area contributed by atoms with Crippen molar-refractivity contribution in [2.75, 3.05) is 6.54 Å². The average molecular weight is 378 g/mol. The molecule has 0 saturated carbocycles. The first-order chi connectivity index (χ1) is 12.1. The van der Waals surface area contributed by atoms with Gasteiger partial charge in [0, 0.05) is 17.6 Å². The second-order valence-corrected chi connectivity index (χ2v) is 8.70. The van der Waals surface area contributed by atoms with E-state index in [2.05, 4.69) is 10.0 Å². The van der Waals surface area contributed by atoms with Crippen molar-refractivity contribution in [3.63, 3.8) is 0 Å². The molecule has 0 fully saturated rings. The first kappa shape index (κ1) is 20.1. The van der Waals surface area contributed by atoms with E-state index >= 15 is 0 Å². The Labute approximate surface area is 153 Å². The minimum Gasteiger partial charge on any atom is -0.352 e. The van der Waals surface area contributed by atoms with Crippen LogP contribution in [-0.4, -0.2) is 26.4 Å².